The number of carbonyl (C=O) groups excluding carboxylic acids is 1. The summed E-state index contributed by atoms with van der Waals surface area (Å²) < 4.78 is 28.5. The van der Waals surface area contributed by atoms with Gasteiger partial charge in [0.2, 0.25) is 0 Å². The molecule has 0 aliphatic heterocycles. The third-order valence-electron chi connectivity index (χ3n) is 2.65. The van der Waals surface area contributed by atoms with Crippen LogP contribution in [0.15, 0.2) is 12.1 Å². The number of hydrogen-bond acceptors (Lipinski definition) is 5. The number of ketones is 1. The van der Waals surface area contributed by atoms with Crippen molar-refractivity contribution in [2.24, 2.45) is 0 Å². The predicted octanol–water partition coefficient (Wildman–Crippen LogP) is 3.75. The van der Waals surface area contributed by atoms with E-state index in [-0.39, 0.29) is 17.4 Å². The molecule has 1 N–H and O–H groups in total. The van der Waals surface area contributed by atoms with Crippen molar-refractivity contribution >= 4 is 39.2 Å². The molecule has 96 valence electrons. The fourth-order valence-corrected chi connectivity index (χ4v) is 3.09. The lowest BCUT2D eigenvalue weighted by atomic mass is 10.1. The molecular weight excluding hydrogens is 275 g/mol. The van der Waals surface area contributed by atoms with E-state index in [0.29, 0.717) is 38.3 Å². The van der Waals surface area contributed by atoms with Crippen molar-refractivity contribution in [2.45, 2.75) is 6.92 Å². The summed E-state index contributed by atoms with van der Waals surface area (Å²) in [5.41, 5.74) is 0.429. The van der Waals surface area contributed by atoms with Crippen molar-refractivity contribution in [3.63, 3.8) is 0 Å². The first-order chi connectivity index (χ1) is 8.58. The maximum atomic E-state index is 14.1. The first-order valence-corrected chi connectivity index (χ1v) is 6.90. The summed E-state index contributed by atoms with van der Waals surface area (Å²) in [7, 11) is 1.48. The Hall–Kier alpha value is -1.11. The SMILES string of the molecule is COc1cc2sc(C(=O)CSO)cc2c(F)c1C. The highest BCUT2D eigenvalue weighted by Gasteiger charge is 2.16. The van der Waals surface area contributed by atoms with Gasteiger partial charge in [-0.3, -0.25) is 4.79 Å². The fourth-order valence-electron chi connectivity index (χ4n) is 1.70. The second-order valence-electron chi connectivity index (χ2n) is 3.74. The number of fused-ring (bicyclic) bond motifs is 1. The van der Waals surface area contributed by atoms with Crippen LogP contribution in [0, 0.1) is 12.7 Å². The van der Waals surface area contributed by atoms with Crippen LogP contribution in [0.3, 0.4) is 0 Å². The number of ether oxygens (including phenoxy) is 1. The Morgan fingerprint density at radius 2 is 2.28 bits per heavy atom. The van der Waals surface area contributed by atoms with Crippen LogP contribution < -0.4 is 4.74 Å². The second kappa shape index (κ2) is 5.26. The van der Waals surface area contributed by atoms with Gasteiger partial charge in [-0.05, 0) is 31.1 Å². The van der Waals surface area contributed by atoms with Crippen LogP contribution in [-0.4, -0.2) is 23.2 Å². The summed E-state index contributed by atoms with van der Waals surface area (Å²) in [5.74, 6) is -0.127. The summed E-state index contributed by atoms with van der Waals surface area (Å²) in [6.45, 7) is 1.64. The average molecular weight is 286 g/mol. The minimum Gasteiger partial charge on any atom is -0.496 e. The lowest BCUT2D eigenvalue weighted by Gasteiger charge is -2.05. The van der Waals surface area contributed by atoms with Gasteiger partial charge in [-0.2, -0.15) is 0 Å². The Labute approximate surface area is 112 Å². The largest absolute Gasteiger partial charge is 0.496 e. The van der Waals surface area contributed by atoms with Crippen LogP contribution in [-0.2, 0) is 0 Å². The van der Waals surface area contributed by atoms with E-state index in [1.807, 2.05) is 0 Å². The standard InChI is InChI=1S/C12H11FO3S2/c1-6-9(16-2)4-10-7(12(6)13)3-11(18-10)8(14)5-17-15/h3-4,15H,5H2,1-2H3. The summed E-state index contributed by atoms with van der Waals surface area (Å²) >= 11 is 1.67. The van der Waals surface area contributed by atoms with Gasteiger partial charge in [0.05, 0.1) is 17.7 Å². The van der Waals surface area contributed by atoms with Crippen molar-refractivity contribution in [3.05, 3.63) is 28.4 Å². The van der Waals surface area contributed by atoms with Gasteiger partial charge in [-0.25, -0.2) is 4.39 Å². The van der Waals surface area contributed by atoms with Crippen molar-refractivity contribution in [1.82, 2.24) is 0 Å². The summed E-state index contributed by atoms with van der Waals surface area (Å²) in [6.07, 6.45) is 0. The molecule has 2 aromatic rings. The summed E-state index contributed by atoms with van der Waals surface area (Å²) in [5, 5.41) is 0.421. The van der Waals surface area contributed by atoms with Gasteiger partial charge in [0, 0.05) is 15.6 Å². The van der Waals surface area contributed by atoms with Crippen LogP contribution >= 0.6 is 23.4 Å². The molecule has 0 saturated heterocycles. The molecule has 0 amide bonds. The van der Waals surface area contributed by atoms with Crippen molar-refractivity contribution < 1.29 is 18.5 Å². The van der Waals surface area contributed by atoms with E-state index in [2.05, 4.69) is 0 Å². The van der Waals surface area contributed by atoms with E-state index in [1.54, 1.807) is 13.0 Å². The van der Waals surface area contributed by atoms with E-state index in [4.69, 9.17) is 9.29 Å². The Kier molecular flexibility index (Phi) is 3.89. The normalized spacial score (nSPS) is 10.9. The van der Waals surface area contributed by atoms with E-state index in [0.717, 1.165) is 0 Å². The molecule has 3 nitrogen and oxygen atoms in total. The molecule has 0 unspecified atom stereocenters. The van der Waals surface area contributed by atoms with E-state index < -0.39 is 0 Å². The number of rotatable bonds is 4. The van der Waals surface area contributed by atoms with Gasteiger partial charge in [0.25, 0.3) is 0 Å². The van der Waals surface area contributed by atoms with Gasteiger partial charge < -0.3 is 9.29 Å². The molecule has 1 heterocycles. The maximum Gasteiger partial charge on any atom is 0.184 e. The molecule has 0 atom stereocenters. The summed E-state index contributed by atoms with van der Waals surface area (Å²) in [4.78, 5) is 12.1. The first kappa shape index (κ1) is 13.3. The van der Waals surface area contributed by atoms with Gasteiger partial charge in [-0.15, -0.1) is 11.3 Å². The fraction of sp³-hybridized carbons (Fsp3) is 0.250. The van der Waals surface area contributed by atoms with Crippen LogP contribution in [0.25, 0.3) is 10.1 Å². The minimum absolute atomic E-state index is 0.0233. The Bertz CT molecular complexity index is 607. The van der Waals surface area contributed by atoms with Gasteiger partial charge in [0.1, 0.15) is 11.6 Å². The smallest absolute Gasteiger partial charge is 0.184 e. The molecule has 0 bridgehead atoms. The lowest BCUT2D eigenvalue weighted by molar-refractivity contribution is 0.102. The van der Waals surface area contributed by atoms with E-state index in [1.165, 1.54) is 24.5 Å². The number of halogens is 1. The number of methoxy groups -OCH3 is 1. The molecule has 0 radical (unpaired) electrons. The zero-order valence-corrected chi connectivity index (χ0v) is 11.5. The number of benzene rings is 1. The quantitative estimate of drug-likeness (QED) is 0.687. The monoisotopic (exact) mass is 286 g/mol. The average Bonchev–Trinajstić information content (AvgIpc) is 2.78. The molecule has 0 aliphatic carbocycles. The Morgan fingerprint density at radius 3 is 2.89 bits per heavy atom. The third-order valence-corrected chi connectivity index (χ3v) is 4.16. The highest BCUT2D eigenvalue weighted by Crippen LogP contribution is 2.35. The topological polar surface area (TPSA) is 46.5 Å². The number of thiophene rings is 1. The molecule has 1 aromatic heterocycles. The van der Waals surface area contributed by atoms with Crippen LogP contribution in [0.5, 0.6) is 5.75 Å². The van der Waals surface area contributed by atoms with E-state index in [9.17, 15) is 9.18 Å². The molecule has 6 heteroatoms. The molecule has 1 aromatic carbocycles. The Balaban J connectivity index is 2.58. The number of carbonyl (C=O) groups is 1. The molecule has 0 fully saturated rings. The zero-order valence-electron chi connectivity index (χ0n) is 9.82. The van der Waals surface area contributed by atoms with Crippen LogP contribution in [0.2, 0.25) is 0 Å². The first-order valence-electron chi connectivity index (χ1n) is 5.14. The molecule has 2 rings (SSSR count). The van der Waals surface area contributed by atoms with Crippen LogP contribution in [0.4, 0.5) is 4.39 Å². The maximum absolute atomic E-state index is 14.1. The summed E-state index contributed by atoms with van der Waals surface area (Å²) in [6, 6.07) is 3.25. The molecule has 18 heavy (non-hydrogen) atoms. The lowest BCUT2D eigenvalue weighted by Crippen LogP contribution is -1.98. The van der Waals surface area contributed by atoms with E-state index >= 15 is 0 Å². The van der Waals surface area contributed by atoms with Gasteiger partial charge in [-0.1, -0.05) is 0 Å². The second-order valence-corrected chi connectivity index (χ2v) is 5.37. The molecule has 0 aliphatic rings. The van der Waals surface area contributed by atoms with Crippen LogP contribution in [0.1, 0.15) is 15.2 Å². The van der Waals surface area contributed by atoms with Crippen molar-refractivity contribution in [1.29, 1.82) is 0 Å². The van der Waals surface area contributed by atoms with Gasteiger partial charge in [0.15, 0.2) is 5.78 Å². The predicted molar refractivity (Wildman–Crippen MR) is 72.5 cm³/mol. The van der Waals surface area contributed by atoms with Crippen molar-refractivity contribution in [3.8, 4) is 5.75 Å². The zero-order chi connectivity index (χ0) is 13.3. The molecule has 0 spiro atoms. The molecule has 0 saturated carbocycles. The number of hydrogen-bond donors (Lipinski definition) is 1. The highest BCUT2D eigenvalue weighted by atomic mass is 32.2. The number of Topliss-reactive ketones (excluding diaryl/α,β-unsaturated/α-hetero) is 1. The highest BCUT2D eigenvalue weighted by molar-refractivity contribution is 7.94. The van der Waals surface area contributed by atoms with Crippen molar-refractivity contribution in [2.75, 3.05) is 12.9 Å². The van der Waals surface area contributed by atoms with Gasteiger partial charge >= 0.3 is 0 Å². The third kappa shape index (κ3) is 2.23. The Morgan fingerprint density at radius 1 is 1.56 bits per heavy atom. The molecular formula is C12H11FO3S2. The minimum atomic E-state index is -0.365.